The summed E-state index contributed by atoms with van der Waals surface area (Å²) in [5.41, 5.74) is 0.761. The second-order valence-corrected chi connectivity index (χ2v) is 5.54. The molecule has 1 atom stereocenters. The Labute approximate surface area is 156 Å². The first kappa shape index (κ1) is 20.2. The summed E-state index contributed by atoms with van der Waals surface area (Å²) in [5.74, 6) is -1.08. The molecule has 0 aliphatic carbocycles. The van der Waals surface area contributed by atoms with Crippen LogP contribution in [-0.4, -0.2) is 36.0 Å². The first-order chi connectivity index (χ1) is 13.0. The SMILES string of the molecule is CCOC(=O)CC(=O)NC(CC(=O)OCC)c1cnc(-c2ccccc2)o1. The predicted octanol–water partition coefficient (Wildman–Crippen LogP) is 2.41. The summed E-state index contributed by atoms with van der Waals surface area (Å²) >= 11 is 0. The Hall–Kier alpha value is -3.16. The van der Waals surface area contributed by atoms with E-state index in [-0.39, 0.29) is 19.6 Å². The summed E-state index contributed by atoms with van der Waals surface area (Å²) in [6.45, 7) is 3.74. The highest BCUT2D eigenvalue weighted by atomic mass is 16.5. The first-order valence-corrected chi connectivity index (χ1v) is 8.65. The standard InChI is InChI=1S/C19H22N2O6/c1-3-25-17(23)10-14(21-16(22)11-18(24)26-4-2)15-12-20-19(27-15)13-8-6-5-7-9-13/h5-9,12,14H,3-4,10-11H2,1-2H3,(H,21,22). The molecule has 2 aromatic rings. The zero-order valence-electron chi connectivity index (χ0n) is 15.3. The molecule has 27 heavy (non-hydrogen) atoms. The van der Waals surface area contributed by atoms with Gasteiger partial charge in [0.15, 0.2) is 0 Å². The van der Waals surface area contributed by atoms with E-state index >= 15 is 0 Å². The molecular weight excluding hydrogens is 352 g/mol. The summed E-state index contributed by atoms with van der Waals surface area (Å²) in [7, 11) is 0. The van der Waals surface area contributed by atoms with Gasteiger partial charge < -0.3 is 19.2 Å². The number of amides is 1. The molecule has 0 bridgehead atoms. The molecule has 1 aromatic heterocycles. The number of nitrogens with one attached hydrogen (secondary N) is 1. The van der Waals surface area contributed by atoms with E-state index in [2.05, 4.69) is 10.3 Å². The number of ether oxygens (including phenoxy) is 2. The van der Waals surface area contributed by atoms with Crippen molar-refractivity contribution in [1.29, 1.82) is 0 Å². The van der Waals surface area contributed by atoms with Gasteiger partial charge in [0.2, 0.25) is 11.8 Å². The topological polar surface area (TPSA) is 108 Å². The molecule has 0 radical (unpaired) electrons. The van der Waals surface area contributed by atoms with Gasteiger partial charge in [0, 0.05) is 5.56 Å². The molecule has 1 N–H and O–H groups in total. The Balaban J connectivity index is 2.14. The monoisotopic (exact) mass is 374 g/mol. The molecule has 144 valence electrons. The van der Waals surface area contributed by atoms with E-state index in [1.165, 1.54) is 6.20 Å². The molecule has 0 aliphatic rings. The number of benzene rings is 1. The maximum Gasteiger partial charge on any atom is 0.315 e. The Morgan fingerprint density at radius 2 is 1.74 bits per heavy atom. The average Bonchev–Trinajstić information content (AvgIpc) is 3.12. The highest BCUT2D eigenvalue weighted by molar-refractivity contribution is 5.94. The molecule has 2 rings (SSSR count). The van der Waals surface area contributed by atoms with Crippen LogP contribution in [0.3, 0.4) is 0 Å². The Morgan fingerprint density at radius 3 is 2.41 bits per heavy atom. The number of esters is 2. The average molecular weight is 374 g/mol. The van der Waals surface area contributed by atoms with Crippen molar-refractivity contribution in [1.82, 2.24) is 10.3 Å². The largest absolute Gasteiger partial charge is 0.466 e. The molecule has 0 saturated heterocycles. The van der Waals surface area contributed by atoms with E-state index in [1.807, 2.05) is 30.3 Å². The van der Waals surface area contributed by atoms with Gasteiger partial charge in [-0.05, 0) is 26.0 Å². The molecule has 1 amide bonds. The smallest absolute Gasteiger partial charge is 0.315 e. The van der Waals surface area contributed by atoms with Crippen LogP contribution >= 0.6 is 0 Å². The molecule has 1 heterocycles. The van der Waals surface area contributed by atoms with E-state index in [4.69, 9.17) is 13.9 Å². The molecule has 8 heteroatoms. The third kappa shape index (κ3) is 6.25. The number of nitrogens with zero attached hydrogens (tertiary/aromatic N) is 1. The zero-order valence-corrected chi connectivity index (χ0v) is 15.3. The Bertz CT molecular complexity index is 772. The minimum atomic E-state index is -0.809. The van der Waals surface area contributed by atoms with E-state index in [0.717, 1.165) is 5.56 Å². The molecule has 1 aromatic carbocycles. The normalized spacial score (nSPS) is 11.5. The summed E-state index contributed by atoms with van der Waals surface area (Å²) in [5, 5.41) is 2.60. The van der Waals surface area contributed by atoms with Gasteiger partial charge in [-0.15, -0.1) is 0 Å². The molecular formula is C19H22N2O6. The van der Waals surface area contributed by atoms with E-state index in [0.29, 0.717) is 11.7 Å². The molecule has 1 unspecified atom stereocenters. The number of rotatable bonds is 9. The molecule has 0 fully saturated rings. The maximum atomic E-state index is 12.1. The summed E-state index contributed by atoms with van der Waals surface area (Å²) < 4.78 is 15.4. The summed E-state index contributed by atoms with van der Waals surface area (Å²) in [6.07, 6.45) is 0.843. The van der Waals surface area contributed by atoms with Gasteiger partial charge in [-0.3, -0.25) is 14.4 Å². The first-order valence-electron chi connectivity index (χ1n) is 8.65. The van der Waals surface area contributed by atoms with Crippen LogP contribution in [-0.2, 0) is 23.9 Å². The Morgan fingerprint density at radius 1 is 1.07 bits per heavy atom. The van der Waals surface area contributed by atoms with Crippen LogP contribution in [0, 0.1) is 0 Å². The third-order valence-corrected chi connectivity index (χ3v) is 3.51. The van der Waals surface area contributed by atoms with Crippen molar-refractivity contribution in [2.45, 2.75) is 32.7 Å². The fraction of sp³-hybridized carbons (Fsp3) is 0.368. The van der Waals surface area contributed by atoms with Crippen molar-refractivity contribution in [3.05, 3.63) is 42.3 Å². The molecule has 0 aliphatic heterocycles. The van der Waals surface area contributed by atoms with Crippen molar-refractivity contribution in [3.63, 3.8) is 0 Å². The number of hydrogen-bond acceptors (Lipinski definition) is 7. The van der Waals surface area contributed by atoms with Gasteiger partial charge in [0.05, 0.1) is 31.9 Å². The van der Waals surface area contributed by atoms with Crippen LogP contribution < -0.4 is 5.32 Å². The van der Waals surface area contributed by atoms with Gasteiger partial charge in [0.25, 0.3) is 0 Å². The fourth-order valence-corrected chi connectivity index (χ4v) is 2.36. The number of aromatic nitrogens is 1. The summed E-state index contributed by atoms with van der Waals surface area (Å²) in [4.78, 5) is 39.7. The lowest BCUT2D eigenvalue weighted by molar-refractivity contribution is -0.146. The summed E-state index contributed by atoms with van der Waals surface area (Å²) in [6, 6.07) is 8.40. The lowest BCUT2D eigenvalue weighted by atomic mass is 10.1. The van der Waals surface area contributed by atoms with Crippen LogP contribution in [0.2, 0.25) is 0 Å². The van der Waals surface area contributed by atoms with Crippen molar-refractivity contribution in [2.75, 3.05) is 13.2 Å². The maximum absolute atomic E-state index is 12.1. The highest BCUT2D eigenvalue weighted by Crippen LogP contribution is 2.24. The van der Waals surface area contributed by atoms with E-state index in [9.17, 15) is 14.4 Å². The number of carbonyl (C=O) groups excluding carboxylic acids is 3. The highest BCUT2D eigenvalue weighted by Gasteiger charge is 2.24. The van der Waals surface area contributed by atoms with Crippen LogP contribution in [0.5, 0.6) is 0 Å². The van der Waals surface area contributed by atoms with Crippen LogP contribution in [0.1, 0.15) is 38.5 Å². The zero-order chi connectivity index (χ0) is 19.6. The predicted molar refractivity (Wildman–Crippen MR) is 95.3 cm³/mol. The second kappa shape index (κ2) is 10.1. The minimum absolute atomic E-state index is 0.147. The molecule has 0 spiro atoms. The van der Waals surface area contributed by atoms with Crippen LogP contribution in [0.15, 0.2) is 40.9 Å². The van der Waals surface area contributed by atoms with Crippen LogP contribution in [0.4, 0.5) is 0 Å². The van der Waals surface area contributed by atoms with Gasteiger partial charge in [-0.25, -0.2) is 4.98 Å². The van der Waals surface area contributed by atoms with Crippen molar-refractivity contribution in [2.24, 2.45) is 0 Å². The molecule has 0 saturated carbocycles. The number of carbonyl (C=O) groups is 3. The van der Waals surface area contributed by atoms with Gasteiger partial charge in [-0.1, -0.05) is 18.2 Å². The molecule has 8 nitrogen and oxygen atoms in total. The van der Waals surface area contributed by atoms with Crippen molar-refractivity contribution in [3.8, 4) is 11.5 Å². The van der Waals surface area contributed by atoms with E-state index < -0.39 is 30.3 Å². The van der Waals surface area contributed by atoms with Crippen LogP contribution in [0.25, 0.3) is 11.5 Å². The van der Waals surface area contributed by atoms with Crippen molar-refractivity contribution < 1.29 is 28.3 Å². The lowest BCUT2D eigenvalue weighted by Gasteiger charge is -2.15. The quantitative estimate of drug-likeness (QED) is 0.530. The fourth-order valence-electron chi connectivity index (χ4n) is 2.36. The third-order valence-electron chi connectivity index (χ3n) is 3.51. The second-order valence-electron chi connectivity index (χ2n) is 5.54. The number of hydrogen-bond donors (Lipinski definition) is 1. The van der Waals surface area contributed by atoms with Gasteiger partial charge in [-0.2, -0.15) is 0 Å². The number of oxazole rings is 1. The minimum Gasteiger partial charge on any atom is -0.466 e. The van der Waals surface area contributed by atoms with Crippen molar-refractivity contribution >= 4 is 17.8 Å². The van der Waals surface area contributed by atoms with Gasteiger partial charge in [0.1, 0.15) is 12.2 Å². The van der Waals surface area contributed by atoms with E-state index in [1.54, 1.807) is 13.8 Å². The Kier molecular flexibility index (Phi) is 7.54. The lowest BCUT2D eigenvalue weighted by Crippen LogP contribution is -2.32. The van der Waals surface area contributed by atoms with Gasteiger partial charge >= 0.3 is 11.9 Å².